The van der Waals surface area contributed by atoms with E-state index in [9.17, 15) is 14.3 Å². The molecule has 1 amide bonds. The summed E-state index contributed by atoms with van der Waals surface area (Å²) in [6.45, 7) is 3.18. The van der Waals surface area contributed by atoms with E-state index in [2.05, 4.69) is 5.32 Å². The molecule has 0 spiro atoms. The van der Waals surface area contributed by atoms with Crippen LogP contribution in [0.1, 0.15) is 22.3 Å². The Labute approximate surface area is 166 Å². The van der Waals surface area contributed by atoms with E-state index in [0.717, 1.165) is 21.2 Å². The molecule has 0 radical (unpaired) electrons. The highest BCUT2D eigenvalue weighted by molar-refractivity contribution is 7.58. The Morgan fingerprint density at radius 3 is 2.74 bits per heavy atom. The molecule has 2 N–H and O–H groups in total. The molecular formula is C20H19ClNO3PS. The number of carbonyl (C=O) groups excluding carboxylic acids is 1. The molecule has 0 fully saturated rings. The van der Waals surface area contributed by atoms with Gasteiger partial charge in [0.2, 0.25) is 13.3 Å². The Balaban J connectivity index is 1.91. The number of carbonyl (C=O) groups is 1. The second-order valence-corrected chi connectivity index (χ2v) is 10.1. The summed E-state index contributed by atoms with van der Waals surface area (Å²) in [4.78, 5) is 23.0. The second kappa shape index (κ2) is 7.99. The van der Waals surface area contributed by atoms with Gasteiger partial charge in [-0.05, 0) is 58.7 Å². The molecule has 3 aromatic rings. The van der Waals surface area contributed by atoms with Crippen molar-refractivity contribution in [1.29, 1.82) is 0 Å². The van der Waals surface area contributed by atoms with Crippen molar-refractivity contribution in [3.05, 3.63) is 75.8 Å². The Morgan fingerprint density at radius 2 is 2.04 bits per heavy atom. The van der Waals surface area contributed by atoms with E-state index in [1.807, 2.05) is 37.3 Å². The summed E-state index contributed by atoms with van der Waals surface area (Å²) in [6, 6.07) is 13.1. The standard InChI is InChI=1S/C20H19ClNO3PS/c1-13-5-3-4-6-14(13)9-10-22-20(23)19(26(2,24)25)17-12-27-18-8-7-15(21)11-16(17)18/h3-12,19H,1-2H3,(H,22,23)(H,24,25). The minimum Gasteiger partial charge on any atom is -0.344 e. The first-order valence-electron chi connectivity index (χ1n) is 8.26. The van der Waals surface area contributed by atoms with Gasteiger partial charge < -0.3 is 10.2 Å². The van der Waals surface area contributed by atoms with Crippen LogP contribution in [0.5, 0.6) is 0 Å². The molecule has 140 valence electrons. The Bertz CT molecular complexity index is 1070. The molecule has 7 heteroatoms. The van der Waals surface area contributed by atoms with E-state index in [1.54, 1.807) is 23.6 Å². The summed E-state index contributed by atoms with van der Waals surface area (Å²) in [5.41, 5.74) is 1.39. The summed E-state index contributed by atoms with van der Waals surface area (Å²) in [6.07, 6.45) is 3.28. The van der Waals surface area contributed by atoms with E-state index < -0.39 is 18.9 Å². The largest absolute Gasteiger partial charge is 0.344 e. The van der Waals surface area contributed by atoms with Crippen molar-refractivity contribution in [3.63, 3.8) is 0 Å². The highest BCUT2D eigenvalue weighted by atomic mass is 35.5. The van der Waals surface area contributed by atoms with Crippen molar-refractivity contribution in [3.8, 4) is 0 Å². The maximum absolute atomic E-state index is 12.8. The summed E-state index contributed by atoms with van der Waals surface area (Å²) in [5, 5.41) is 5.65. The van der Waals surface area contributed by atoms with E-state index in [1.165, 1.54) is 24.2 Å². The van der Waals surface area contributed by atoms with E-state index in [0.29, 0.717) is 10.6 Å². The van der Waals surface area contributed by atoms with Gasteiger partial charge in [0.15, 0.2) is 0 Å². The zero-order valence-electron chi connectivity index (χ0n) is 14.8. The minimum atomic E-state index is -3.74. The molecule has 1 aromatic heterocycles. The number of halogens is 1. The second-order valence-electron chi connectivity index (χ2n) is 6.38. The summed E-state index contributed by atoms with van der Waals surface area (Å²) >= 11 is 7.49. The van der Waals surface area contributed by atoms with Crippen LogP contribution in [-0.4, -0.2) is 17.5 Å². The molecular weight excluding hydrogens is 401 g/mol. The SMILES string of the molecule is Cc1ccccc1C=CNC(=O)C(c1csc2ccc(Cl)cc12)P(C)(=O)O. The highest BCUT2D eigenvalue weighted by Crippen LogP contribution is 2.54. The Kier molecular flexibility index (Phi) is 5.87. The fourth-order valence-corrected chi connectivity index (χ4v) is 5.40. The predicted octanol–water partition coefficient (Wildman–Crippen LogP) is 5.59. The molecule has 3 rings (SSSR count). The topological polar surface area (TPSA) is 66.4 Å². The van der Waals surface area contributed by atoms with Crippen LogP contribution in [0, 0.1) is 6.92 Å². The Hall–Kier alpha value is -1.91. The molecule has 0 aliphatic carbocycles. The van der Waals surface area contributed by atoms with Gasteiger partial charge >= 0.3 is 0 Å². The zero-order valence-corrected chi connectivity index (χ0v) is 17.3. The lowest BCUT2D eigenvalue weighted by atomic mass is 10.1. The van der Waals surface area contributed by atoms with Gasteiger partial charge in [-0.15, -0.1) is 11.3 Å². The summed E-state index contributed by atoms with van der Waals surface area (Å²) in [5.74, 6) is -0.521. The quantitative estimate of drug-likeness (QED) is 0.529. The first kappa shape index (κ1) is 19.8. The normalized spacial score (nSPS) is 15.0. The van der Waals surface area contributed by atoms with Crippen molar-refractivity contribution in [2.45, 2.75) is 12.6 Å². The van der Waals surface area contributed by atoms with Crippen molar-refractivity contribution >= 4 is 52.4 Å². The average Bonchev–Trinajstić information content (AvgIpc) is 2.98. The zero-order chi connectivity index (χ0) is 19.6. The number of thiophene rings is 1. The number of rotatable bonds is 5. The third kappa shape index (κ3) is 4.50. The van der Waals surface area contributed by atoms with Crippen LogP contribution >= 0.6 is 30.3 Å². The molecule has 2 atom stereocenters. The van der Waals surface area contributed by atoms with Gasteiger partial charge in [0.1, 0.15) is 5.66 Å². The lowest BCUT2D eigenvalue weighted by Crippen LogP contribution is -2.25. The predicted molar refractivity (Wildman–Crippen MR) is 114 cm³/mol. The van der Waals surface area contributed by atoms with Gasteiger partial charge in [0, 0.05) is 22.6 Å². The molecule has 0 aliphatic heterocycles. The number of aryl methyl sites for hydroxylation is 1. The molecule has 0 saturated heterocycles. The number of benzene rings is 2. The number of hydrogen-bond donors (Lipinski definition) is 2. The van der Waals surface area contributed by atoms with Gasteiger partial charge in [-0.3, -0.25) is 9.36 Å². The van der Waals surface area contributed by atoms with E-state index in [-0.39, 0.29) is 0 Å². The lowest BCUT2D eigenvalue weighted by Gasteiger charge is -2.18. The van der Waals surface area contributed by atoms with Crippen LogP contribution in [0.4, 0.5) is 0 Å². The van der Waals surface area contributed by atoms with Gasteiger partial charge in [-0.2, -0.15) is 0 Å². The lowest BCUT2D eigenvalue weighted by molar-refractivity contribution is -0.120. The van der Waals surface area contributed by atoms with Crippen molar-refractivity contribution in [1.82, 2.24) is 5.32 Å². The van der Waals surface area contributed by atoms with Crippen LogP contribution in [-0.2, 0) is 9.36 Å². The highest BCUT2D eigenvalue weighted by Gasteiger charge is 2.36. The van der Waals surface area contributed by atoms with Crippen molar-refractivity contribution < 1.29 is 14.3 Å². The van der Waals surface area contributed by atoms with Crippen LogP contribution in [0.3, 0.4) is 0 Å². The Morgan fingerprint density at radius 1 is 1.30 bits per heavy atom. The number of amides is 1. The average molecular weight is 420 g/mol. The third-order valence-electron chi connectivity index (χ3n) is 4.26. The molecule has 4 nitrogen and oxygen atoms in total. The minimum absolute atomic E-state index is 0.518. The van der Waals surface area contributed by atoms with Crippen LogP contribution in [0.15, 0.2) is 54.0 Å². The van der Waals surface area contributed by atoms with Crippen LogP contribution < -0.4 is 5.32 Å². The number of hydrogen-bond acceptors (Lipinski definition) is 3. The number of fused-ring (bicyclic) bond motifs is 1. The van der Waals surface area contributed by atoms with Gasteiger partial charge in [-0.25, -0.2) is 0 Å². The molecule has 2 unspecified atom stereocenters. The summed E-state index contributed by atoms with van der Waals surface area (Å²) < 4.78 is 13.4. The van der Waals surface area contributed by atoms with Crippen molar-refractivity contribution in [2.75, 3.05) is 6.66 Å². The molecule has 2 aromatic carbocycles. The van der Waals surface area contributed by atoms with Crippen LogP contribution in [0.2, 0.25) is 5.02 Å². The molecule has 1 heterocycles. The smallest absolute Gasteiger partial charge is 0.241 e. The molecule has 0 saturated carbocycles. The maximum atomic E-state index is 12.8. The monoisotopic (exact) mass is 419 g/mol. The summed E-state index contributed by atoms with van der Waals surface area (Å²) in [7, 11) is -3.74. The van der Waals surface area contributed by atoms with Gasteiger partial charge in [0.25, 0.3) is 0 Å². The molecule has 27 heavy (non-hydrogen) atoms. The number of nitrogens with one attached hydrogen (secondary N) is 1. The van der Waals surface area contributed by atoms with Crippen LogP contribution in [0.25, 0.3) is 16.2 Å². The van der Waals surface area contributed by atoms with E-state index >= 15 is 0 Å². The third-order valence-corrected chi connectivity index (χ3v) is 6.95. The first-order valence-corrected chi connectivity index (χ1v) is 11.7. The fraction of sp³-hybridized carbons (Fsp3) is 0.150. The first-order chi connectivity index (χ1) is 12.8. The molecule has 0 bridgehead atoms. The maximum Gasteiger partial charge on any atom is 0.241 e. The molecule has 0 aliphatic rings. The van der Waals surface area contributed by atoms with E-state index in [4.69, 9.17) is 11.6 Å². The van der Waals surface area contributed by atoms with Gasteiger partial charge in [-0.1, -0.05) is 35.9 Å². The van der Waals surface area contributed by atoms with Gasteiger partial charge in [0.05, 0.1) is 0 Å². The fourth-order valence-electron chi connectivity index (χ4n) is 2.92. The van der Waals surface area contributed by atoms with Crippen molar-refractivity contribution in [2.24, 2.45) is 0 Å².